The van der Waals surface area contributed by atoms with Crippen LogP contribution < -0.4 is 11.1 Å². The lowest BCUT2D eigenvalue weighted by Crippen LogP contribution is -1.95. The Kier molecular flexibility index (Phi) is 31.3. The number of hydrogen-bond donors (Lipinski definition) is 3. The molecule has 0 radical (unpaired) electrons. The van der Waals surface area contributed by atoms with E-state index in [2.05, 4.69) is 18.8 Å². The Bertz CT molecular complexity index is 756. The summed E-state index contributed by atoms with van der Waals surface area (Å²) in [5.41, 5.74) is 10.9. The van der Waals surface area contributed by atoms with Crippen molar-refractivity contribution in [3.05, 3.63) is 96.1 Å². The quantitative estimate of drug-likeness (QED) is 0.381. The van der Waals surface area contributed by atoms with Gasteiger partial charge in [0.15, 0.2) is 0 Å². The van der Waals surface area contributed by atoms with Gasteiger partial charge in [0.2, 0.25) is 0 Å². The molecule has 0 unspecified atom stereocenters. The summed E-state index contributed by atoms with van der Waals surface area (Å²) in [4.78, 5) is 0. The van der Waals surface area contributed by atoms with Gasteiger partial charge in [0.1, 0.15) is 0 Å². The van der Waals surface area contributed by atoms with Gasteiger partial charge in [0.05, 0.1) is 5.71 Å². The van der Waals surface area contributed by atoms with Gasteiger partial charge in [0, 0.05) is 20.7 Å². The van der Waals surface area contributed by atoms with Crippen LogP contribution in [0.4, 0.5) is 11.4 Å². The van der Waals surface area contributed by atoms with E-state index in [-0.39, 0.29) is 14.9 Å². The molecular formula is C31H55N3. The Morgan fingerprint density at radius 2 is 1.15 bits per heavy atom. The first-order valence-corrected chi connectivity index (χ1v) is 11.4. The van der Waals surface area contributed by atoms with E-state index >= 15 is 0 Å². The molecule has 3 heteroatoms. The zero-order valence-corrected chi connectivity index (χ0v) is 21.3. The van der Waals surface area contributed by atoms with Gasteiger partial charge >= 0.3 is 0 Å². The lowest BCUT2D eigenvalue weighted by Gasteiger charge is -2.01. The number of hydrogen-bond acceptors (Lipinski definition) is 3. The van der Waals surface area contributed by atoms with Crippen LogP contribution in [0.5, 0.6) is 0 Å². The van der Waals surface area contributed by atoms with E-state index in [0.29, 0.717) is 19.5 Å². The Morgan fingerprint density at radius 3 is 1.47 bits per heavy atom. The van der Waals surface area contributed by atoms with Gasteiger partial charge in [-0.2, -0.15) is 0 Å². The summed E-state index contributed by atoms with van der Waals surface area (Å²) in [5.74, 6) is 0. The van der Waals surface area contributed by atoms with Gasteiger partial charge in [-0.25, -0.2) is 0 Å². The summed E-state index contributed by atoms with van der Waals surface area (Å²) >= 11 is 0. The number of allylic oxidation sites excluding steroid dienone is 5. The predicted molar refractivity (Wildman–Crippen MR) is 164 cm³/mol. The number of anilines is 2. The van der Waals surface area contributed by atoms with Crippen molar-refractivity contribution in [2.24, 2.45) is 0 Å². The topological polar surface area (TPSA) is 61.9 Å². The molecule has 0 fully saturated rings. The Balaban J connectivity index is -0.000000119. The molecule has 2 aromatic rings. The van der Waals surface area contributed by atoms with Crippen molar-refractivity contribution in [2.75, 3.05) is 17.6 Å². The first-order chi connectivity index (χ1) is 16.5. The Morgan fingerprint density at radius 1 is 0.765 bits per heavy atom. The number of aryl methyl sites for hydroxylation is 2. The smallest absolute Gasteiger partial charge is 0.0540 e. The predicted octanol–water partition coefficient (Wildman–Crippen LogP) is 10.0. The minimum absolute atomic E-state index is 0. The molecule has 0 heterocycles. The van der Waals surface area contributed by atoms with Crippen LogP contribution in [0.25, 0.3) is 0 Å². The second kappa shape index (κ2) is 29.9. The zero-order valence-electron chi connectivity index (χ0n) is 23.3. The molecule has 3 rings (SSSR count). The third kappa shape index (κ3) is 25.2. The van der Waals surface area contributed by atoms with E-state index in [1.54, 1.807) is 12.2 Å². The molecule has 4 N–H and O–H groups in total. The molecule has 2 aromatic carbocycles. The molecule has 0 aromatic heterocycles. The third-order valence-corrected chi connectivity index (χ3v) is 3.27. The fourth-order valence-electron chi connectivity index (χ4n) is 1.85. The van der Waals surface area contributed by atoms with E-state index in [1.165, 1.54) is 0 Å². The number of nitrogens with one attached hydrogen (secondary N) is 2. The molecule has 0 atom stereocenters. The standard InChI is InChI=1S/C9H13N.C7H9N.C7H7N.3C2H6.2CH4/c1-3-10-9-6-4-8(2)5-7-9;2*1-6-2-4-7(8)5-3-6;3*1-2;;/h4-7,10H,3H2,1-2H3;2-5H,8H2,1H3;2-5,8H,1H2;3*1-2H3;2*1H4/i2D;1D;;;;;;. The first-order valence-electron chi connectivity index (χ1n) is 12.8. The molecule has 0 saturated carbocycles. The van der Waals surface area contributed by atoms with Crippen molar-refractivity contribution in [3.8, 4) is 0 Å². The second-order valence-electron chi connectivity index (χ2n) is 5.67. The molecule has 1 aliphatic carbocycles. The highest BCUT2D eigenvalue weighted by atomic mass is 14.8. The Labute approximate surface area is 216 Å². The van der Waals surface area contributed by atoms with E-state index < -0.39 is 0 Å². The molecule has 194 valence electrons. The zero-order chi connectivity index (χ0) is 26.8. The molecule has 34 heavy (non-hydrogen) atoms. The highest BCUT2D eigenvalue weighted by Crippen LogP contribution is 2.07. The van der Waals surface area contributed by atoms with Crippen molar-refractivity contribution in [2.45, 2.75) is 77.1 Å². The second-order valence-corrected chi connectivity index (χ2v) is 5.67. The summed E-state index contributed by atoms with van der Waals surface area (Å²) in [6, 6.07) is 15.3. The number of rotatable bonds is 2. The van der Waals surface area contributed by atoms with E-state index in [0.717, 1.165) is 34.6 Å². The fraction of sp³-hybridized carbons (Fsp3) is 0.387. The highest BCUT2D eigenvalue weighted by molar-refractivity contribution is 6.03. The van der Waals surface area contributed by atoms with Crippen LogP contribution in [-0.2, 0) is 0 Å². The van der Waals surface area contributed by atoms with Crippen molar-refractivity contribution < 1.29 is 2.74 Å². The summed E-state index contributed by atoms with van der Waals surface area (Å²) in [7, 11) is 0. The van der Waals surface area contributed by atoms with Crippen molar-refractivity contribution in [1.29, 1.82) is 5.41 Å². The van der Waals surface area contributed by atoms with E-state index in [9.17, 15) is 0 Å². The molecule has 1 aliphatic rings. The monoisotopic (exact) mass is 471 g/mol. The maximum atomic E-state index is 7.10. The summed E-state index contributed by atoms with van der Waals surface area (Å²) in [5, 5.41) is 10.3. The van der Waals surface area contributed by atoms with Crippen LogP contribution >= 0.6 is 0 Å². The maximum absolute atomic E-state index is 7.10. The van der Waals surface area contributed by atoms with Gasteiger partial charge < -0.3 is 16.5 Å². The van der Waals surface area contributed by atoms with Crippen LogP contribution in [0.3, 0.4) is 0 Å². The maximum Gasteiger partial charge on any atom is 0.0540 e. The van der Waals surface area contributed by atoms with Crippen LogP contribution in [-0.4, -0.2) is 12.3 Å². The first kappa shape index (κ1) is 35.5. The van der Waals surface area contributed by atoms with E-state index in [4.69, 9.17) is 13.9 Å². The van der Waals surface area contributed by atoms with Crippen LogP contribution in [0.1, 0.15) is 77.2 Å². The van der Waals surface area contributed by atoms with Gasteiger partial charge in [-0.05, 0) is 62.7 Å². The third-order valence-electron chi connectivity index (χ3n) is 3.27. The van der Waals surface area contributed by atoms with Gasteiger partial charge in [-0.1, -0.05) is 111 Å². The molecule has 0 spiro atoms. The average Bonchev–Trinajstić information content (AvgIpc) is 2.91. The summed E-state index contributed by atoms with van der Waals surface area (Å²) < 4.78 is 14.1. The fourth-order valence-corrected chi connectivity index (χ4v) is 1.85. The van der Waals surface area contributed by atoms with Crippen molar-refractivity contribution >= 4 is 17.1 Å². The number of nitrogens with two attached hydrogens (primary N) is 1. The summed E-state index contributed by atoms with van der Waals surface area (Å²) in [6.07, 6.45) is 7.09. The van der Waals surface area contributed by atoms with Crippen molar-refractivity contribution in [1.82, 2.24) is 0 Å². The molecule has 0 saturated heterocycles. The van der Waals surface area contributed by atoms with Crippen LogP contribution in [0.15, 0.2) is 85.0 Å². The normalized spacial score (nSPS) is 10.3. The van der Waals surface area contributed by atoms with E-state index in [1.807, 2.05) is 102 Å². The number of nitrogen functional groups attached to an aromatic ring is 1. The van der Waals surface area contributed by atoms with Crippen LogP contribution in [0, 0.1) is 19.2 Å². The minimum atomic E-state index is 0. The Hall–Kier alpha value is -3.07. The molecular weight excluding hydrogens is 414 g/mol. The van der Waals surface area contributed by atoms with Gasteiger partial charge in [0.25, 0.3) is 0 Å². The minimum Gasteiger partial charge on any atom is -0.399 e. The molecule has 3 nitrogen and oxygen atoms in total. The van der Waals surface area contributed by atoms with Crippen molar-refractivity contribution in [3.63, 3.8) is 0 Å². The molecule has 0 bridgehead atoms. The van der Waals surface area contributed by atoms with Crippen LogP contribution in [0.2, 0.25) is 0 Å². The lowest BCUT2D eigenvalue weighted by molar-refractivity contribution is 1.21. The molecule has 0 amide bonds. The lowest BCUT2D eigenvalue weighted by atomic mass is 10.1. The largest absolute Gasteiger partial charge is 0.399 e. The summed E-state index contributed by atoms with van der Waals surface area (Å²) in [6.45, 7) is 19.4. The average molecular weight is 472 g/mol. The van der Waals surface area contributed by atoms with Gasteiger partial charge in [-0.15, -0.1) is 0 Å². The highest BCUT2D eigenvalue weighted by Gasteiger charge is 1.89. The number of benzene rings is 2. The van der Waals surface area contributed by atoms with Gasteiger partial charge in [-0.3, -0.25) is 0 Å². The molecule has 0 aliphatic heterocycles. The SMILES string of the molecule is C.C.C=C1C=CC(=N)C=C1.CC.CC.CC.[2H]Cc1ccc(N)cc1.[2H]Cc1ccc(NCC)cc1.